The minimum atomic E-state index is -0.416. The first-order valence-electron chi connectivity index (χ1n) is 10.6. The Morgan fingerprint density at radius 1 is 0.559 bits per heavy atom. The van der Waals surface area contributed by atoms with Gasteiger partial charge in [-0.2, -0.15) is 0 Å². The molecule has 0 fully saturated rings. The summed E-state index contributed by atoms with van der Waals surface area (Å²) in [4.78, 5) is 33.9. The topological polar surface area (TPSA) is 103 Å². The van der Waals surface area contributed by atoms with Crippen LogP contribution in [0.1, 0.15) is 38.2 Å². The number of ketones is 1. The predicted molar refractivity (Wildman–Crippen MR) is 128 cm³/mol. The first-order valence-corrected chi connectivity index (χ1v) is 10.6. The van der Waals surface area contributed by atoms with E-state index in [4.69, 9.17) is 0 Å². The Balaban J connectivity index is 1.43. The highest BCUT2D eigenvalue weighted by molar-refractivity contribution is 6.09. The van der Waals surface area contributed by atoms with Crippen LogP contribution < -0.4 is 0 Å². The summed E-state index contributed by atoms with van der Waals surface area (Å²) in [6.45, 7) is 0. The Labute approximate surface area is 195 Å². The molecule has 4 aromatic rings. The number of nitro groups is 2. The van der Waals surface area contributed by atoms with Crippen LogP contribution in [0.2, 0.25) is 0 Å². The molecule has 0 aliphatic heterocycles. The maximum absolute atomic E-state index is 12.9. The van der Waals surface area contributed by atoms with E-state index in [9.17, 15) is 25.0 Å². The highest BCUT2D eigenvalue weighted by Gasteiger charge is 2.11. The molecular formula is C27H20N2O5. The van der Waals surface area contributed by atoms with Gasteiger partial charge in [0, 0.05) is 35.4 Å². The van der Waals surface area contributed by atoms with E-state index in [0.29, 0.717) is 24.0 Å². The highest BCUT2D eigenvalue weighted by Crippen LogP contribution is 2.20. The van der Waals surface area contributed by atoms with Gasteiger partial charge in [0.05, 0.1) is 9.85 Å². The summed E-state index contributed by atoms with van der Waals surface area (Å²) < 4.78 is 0. The Kier molecular flexibility index (Phi) is 6.54. The van der Waals surface area contributed by atoms with E-state index in [1.165, 1.54) is 12.1 Å². The first kappa shape index (κ1) is 22.5. The van der Waals surface area contributed by atoms with E-state index in [1.54, 1.807) is 48.5 Å². The molecule has 0 aliphatic carbocycles. The average Bonchev–Trinajstić information content (AvgIpc) is 2.85. The molecule has 4 aromatic carbocycles. The molecule has 0 N–H and O–H groups in total. The van der Waals surface area contributed by atoms with Gasteiger partial charge >= 0.3 is 0 Å². The number of nitrogens with zero attached hydrogens (tertiary/aromatic N) is 2. The minimum Gasteiger partial charge on any atom is -0.289 e. The molecule has 0 heterocycles. The molecule has 168 valence electrons. The molecule has 0 bridgehead atoms. The van der Waals surface area contributed by atoms with Crippen LogP contribution in [0.4, 0.5) is 11.4 Å². The van der Waals surface area contributed by atoms with E-state index in [0.717, 1.165) is 22.3 Å². The lowest BCUT2D eigenvalue weighted by molar-refractivity contribution is -0.385. The molecular weight excluding hydrogens is 432 g/mol. The van der Waals surface area contributed by atoms with Gasteiger partial charge in [0.1, 0.15) is 0 Å². The second kappa shape index (κ2) is 9.87. The largest absolute Gasteiger partial charge is 0.289 e. The zero-order valence-electron chi connectivity index (χ0n) is 18.1. The van der Waals surface area contributed by atoms with Crippen LogP contribution in [0.5, 0.6) is 0 Å². The van der Waals surface area contributed by atoms with Crippen molar-refractivity contribution < 1.29 is 14.6 Å². The normalized spacial score (nSPS) is 10.6. The third kappa shape index (κ3) is 5.39. The van der Waals surface area contributed by atoms with Crippen molar-refractivity contribution in [3.63, 3.8) is 0 Å². The van der Waals surface area contributed by atoms with Crippen molar-refractivity contribution >= 4 is 17.2 Å². The van der Waals surface area contributed by atoms with Crippen LogP contribution >= 0.6 is 0 Å². The molecule has 0 amide bonds. The van der Waals surface area contributed by atoms with Gasteiger partial charge in [-0.25, -0.2) is 0 Å². The van der Waals surface area contributed by atoms with E-state index in [1.807, 2.05) is 36.4 Å². The van der Waals surface area contributed by atoms with Crippen molar-refractivity contribution in [1.82, 2.24) is 0 Å². The number of nitro benzene ring substituents is 2. The molecule has 7 nitrogen and oxygen atoms in total. The van der Waals surface area contributed by atoms with E-state index in [-0.39, 0.29) is 17.2 Å². The molecule has 0 spiro atoms. The van der Waals surface area contributed by atoms with Crippen molar-refractivity contribution in [3.05, 3.63) is 151 Å². The molecule has 0 saturated heterocycles. The summed E-state index contributed by atoms with van der Waals surface area (Å²) in [6.07, 6.45) is 1.06. The molecule has 7 heteroatoms. The first-order chi connectivity index (χ1) is 16.4. The van der Waals surface area contributed by atoms with Crippen molar-refractivity contribution in [3.8, 4) is 0 Å². The fraction of sp³-hybridized carbons (Fsp3) is 0.0741. The fourth-order valence-corrected chi connectivity index (χ4v) is 3.75. The summed E-state index contributed by atoms with van der Waals surface area (Å²) >= 11 is 0. The van der Waals surface area contributed by atoms with Gasteiger partial charge < -0.3 is 0 Å². The van der Waals surface area contributed by atoms with Crippen molar-refractivity contribution in [1.29, 1.82) is 0 Å². The number of hydrogen-bond acceptors (Lipinski definition) is 5. The molecule has 0 aliphatic rings. The van der Waals surface area contributed by atoms with Gasteiger partial charge in [-0.05, 0) is 35.1 Å². The number of carbonyl (C=O) groups excluding carboxylic acids is 1. The Bertz CT molecular complexity index is 1260. The van der Waals surface area contributed by atoms with Gasteiger partial charge in [-0.3, -0.25) is 25.0 Å². The number of non-ortho nitro benzene ring substituents is 2. The second-order valence-corrected chi connectivity index (χ2v) is 7.93. The van der Waals surface area contributed by atoms with Gasteiger partial charge in [0.15, 0.2) is 5.78 Å². The number of benzene rings is 4. The SMILES string of the molecule is O=C(c1ccc(Cc2cccc([N+](=O)[O-])c2)cc1)c1ccc(Cc2cccc([N+](=O)[O-])c2)cc1. The lowest BCUT2D eigenvalue weighted by atomic mass is 9.97. The fourth-order valence-electron chi connectivity index (χ4n) is 3.75. The van der Waals surface area contributed by atoms with Crippen LogP contribution in [0.25, 0.3) is 0 Å². The zero-order valence-corrected chi connectivity index (χ0v) is 18.1. The standard InChI is InChI=1S/C27H20N2O5/c30-27(23-11-7-19(8-12-23)15-21-3-1-5-25(17-21)28(31)32)24-13-9-20(10-14-24)16-22-4-2-6-26(18-22)29(33)34/h1-14,17-18H,15-16H2. The number of carbonyl (C=O) groups is 1. The summed E-state index contributed by atoms with van der Waals surface area (Å²) in [5.41, 5.74) is 4.76. The summed E-state index contributed by atoms with van der Waals surface area (Å²) in [5, 5.41) is 21.9. The Morgan fingerprint density at radius 2 is 0.941 bits per heavy atom. The average molecular weight is 452 g/mol. The van der Waals surface area contributed by atoms with Gasteiger partial charge in [-0.1, -0.05) is 72.8 Å². The molecule has 0 radical (unpaired) electrons. The smallest absolute Gasteiger partial charge is 0.269 e. The van der Waals surface area contributed by atoms with Crippen LogP contribution in [0, 0.1) is 20.2 Å². The molecule has 4 rings (SSSR count). The van der Waals surface area contributed by atoms with Gasteiger partial charge in [-0.15, -0.1) is 0 Å². The lowest BCUT2D eigenvalue weighted by Crippen LogP contribution is -2.02. The van der Waals surface area contributed by atoms with E-state index < -0.39 is 9.85 Å². The van der Waals surface area contributed by atoms with Crippen molar-refractivity contribution in [2.24, 2.45) is 0 Å². The maximum Gasteiger partial charge on any atom is 0.269 e. The van der Waals surface area contributed by atoms with Crippen LogP contribution in [-0.2, 0) is 12.8 Å². The van der Waals surface area contributed by atoms with Crippen LogP contribution in [-0.4, -0.2) is 15.6 Å². The van der Waals surface area contributed by atoms with E-state index >= 15 is 0 Å². The number of hydrogen-bond donors (Lipinski definition) is 0. The number of rotatable bonds is 8. The third-order valence-corrected chi connectivity index (χ3v) is 5.49. The third-order valence-electron chi connectivity index (χ3n) is 5.49. The monoisotopic (exact) mass is 452 g/mol. The Morgan fingerprint density at radius 3 is 1.29 bits per heavy atom. The molecule has 34 heavy (non-hydrogen) atoms. The van der Waals surface area contributed by atoms with Gasteiger partial charge in [0.2, 0.25) is 0 Å². The molecule has 0 aromatic heterocycles. The van der Waals surface area contributed by atoms with Crippen LogP contribution in [0.15, 0.2) is 97.1 Å². The molecule has 0 unspecified atom stereocenters. The highest BCUT2D eigenvalue weighted by atomic mass is 16.6. The van der Waals surface area contributed by atoms with Gasteiger partial charge in [0.25, 0.3) is 11.4 Å². The quantitative estimate of drug-likeness (QED) is 0.188. The van der Waals surface area contributed by atoms with E-state index in [2.05, 4.69) is 0 Å². The minimum absolute atomic E-state index is 0.0539. The summed E-state index contributed by atoms with van der Waals surface area (Å²) in [5.74, 6) is -0.108. The summed E-state index contributed by atoms with van der Waals surface area (Å²) in [7, 11) is 0. The lowest BCUT2D eigenvalue weighted by Gasteiger charge is -2.06. The molecule has 0 atom stereocenters. The van der Waals surface area contributed by atoms with Crippen molar-refractivity contribution in [2.75, 3.05) is 0 Å². The van der Waals surface area contributed by atoms with Crippen LogP contribution in [0.3, 0.4) is 0 Å². The second-order valence-electron chi connectivity index (χ2n) is 7.93. The Hall–Kier alpha value is -4.65. The maximum atomic E-state index is 12.9. The van der Waals surface area contributed by atoms with Crippen molar-refractivity contribution in [2.45, 2.75) is 12.8 Å². The molecule has 0 saturated carbocycles. The predicted octanol–water partition coefficient (Wildman–Crippen LogP) is 5.92. The summed E-state index contributed by atoms with van der Waals surface area (Å²) in [6, 6.07) is 27.4. The zero-order chi connectivity index (χ0) is 24.1.